The van der Waals surface area contributed by atoms with Crippen LogP contribution < -0.4 is 4.74 Å². The summed E-state index contributed by atoms with van der Waals surface area (Å²) in [6.07, 6.45) is 1.56. The molecule has 1 heterocycles. The van der Waals surface area contributed by atoms with Crippen molar-refractivity contribution in [3.05, 3.63) is 83.1 Å². The Morgan fingerprint density at radius 2 is 1.50 bits per heavy atom. The van der Waals surface area contributed by atoms with Crippen LogP contribution in [0.3, 0.4) is 0 Å². The molecule has 0 fully saturated rings. The summed E-state index contributed by atoms with van der Waals surface area (Å²) in [5, 5.41) is 0. The summed E-state index contributed by atoms with van der Waals surface area (Å²) in [4.78, 5) is 15.9. The van der Waals surface area contributed by atoms with E-state index in [0.717, 1.165) is 15.6 Å². The molecule has 0 amide bonds. The summed E-state index contributed by atoms with van der Waals surface area (Å²) >= 11 is 3.42. The highest BCUT2D eigenvalue weighted by Gasteiger charge is 2.09. The molecule has 0 radical (unpaired) electrons. The highest BCUT2D eigenvalue weighted by atomic mass is 79.9. The van der Waals surface area contributed by atoms with E-state index in [9.17, 15) is 4.79 Å². The number of halogens is 1. The first-order valence-corrected chi connectivity index (χ1v) is 7.51. The van der Waals surface area contributed by atoms with E-state index in [2.05, 4.69) is 20.9 Å². The molecule has 3 rings (SSSR count). The van der Waals surface area contributed by atoms with Crippen LogP contribution in [0.2, 0.25) is 0 Å². The van der Waals surface area contributed by atoms with Gasteiger partial charge in [-0.05, 0) is 47.5 Å². The Balaban J connectivity index is 1.74. The van der Waals surface area contributed by atoms with Gasteiger partial charge < -0.3 is 4.74 Å². The van der Waals surface area contributed by atoms with Crippen molar-refractivity contribution in [3.8, 4) is 16.9 Å². The van der Waals surface area contributed by atoms with Gasteiger partial charge in [0.15, 0.2) is 0 Å². The Hall–Kier alpha value is -2.46. The van der Waals surface area contributed by atoms with Crippen LogP contribution in [-0.2, 0) is 0 Å². The Labute approximate surface area is 136 Å². The Morgan fingerprint density at radius 1 is 0.864 bits per heavy atom. The standard InChI is InChI=1S/C18H12BrNO2/c19-15-8-4-13(5-9-15)14-6-10-16(11-7-14)22-18(21)17-3-1-2-12-20-17/h1-12H. The molecule has 0 aliphatic carbocycles. The molecule has 0 spiro atoms. The Morgan fingerprint density at radius 3 is 2.09 bits per heavy atom. The van der Waals surface area contributed by atoms with Gasteiger partial charge in [-0.15, -0.1) is 0 Å². The summed E-state index contributed by atoms with van der Waals surface area (Å²) in [6.45, 7) is 0. The molecule has 0 saturated heterocycles. The van der Waals surface area contributed by atoms with Gasteiger partial charge in [0, 0.05) is 10.7 Å². The summed E-state index contributed by atoms with van der Waals surface area (Å²) in [7, 11) is 0. The summed E-state index contributed by atoms with van der Waals surface area (Å²) in [5.74, 6) is 0.0357. The van der Waals surface area contributed by atoms with Crippen LogP contribution >= 0.6 is 15.9 Å². The Bertz CT molecular complexity index is 768. The van der Waals surface area contributed by atoms with Crippen LogP contribution in [0.5, 0.6) is 5.75 Å². The van der Waals surface area contributed by atoms with E-state index < -0.39 is 5.97 Å². The second-order valence-corrected chi connectivity index (χ2v) is 5.55. The molecule has 1 aromatic heterocycles. The molecule has 0 aliphatic rings. The molecular formula is C18H12BrNO2. The fourth-order valence-electron chi connectivity index (χ4n) is 2.00. The number of hydrogen-bond acceptors (Lipinski definition) is 3. The normalized spacial score (nSPS) is 10.2. The first-order chi connectivity index (χ1) is 10.7. The van der Waals surface area contributed by atoms with E-state index in [-0.39, 0.29) is 0 Å². The van der Waals surface area contributed by atoms with Crippen molar-refractivity contribution in [3.63, 3.8) is 0 Å². The fourth-order valence-corrected chi connectivity index (χ4v) is 2.26. The number of hydrogen-bond donors (Lipinski definition) is 0. The number of aromatic nitrogens is 1. The van der Waals surface area contributed by atoms with Crippen molar-refractivity contribution >= 4 is 21.9 Å². The summed E-state index contributed by atoms with van der Waals surface area (Å²) in [6, 6.07) is 20.6. The minimum Gasteiger partial charge on any atom is -0.422 e. The maximum absolute atomic E-state index is 11.9. The number of benzene rings is 2. The third-order valence-corrected chi connectivity index (χ3v) is 3.65. The van der Waals surface area contributed by atoms with Crippen LogP contribution in [0.15, 0.2) is 77.4 Å². The molecule has 0 unspecified atom stereocenters. The van der Waals surface area contributed by atoms with Crippen molar-refractivity contribution in [2.45, 2.75) is 0 Å². The average molecular weight is 354 g/mol. The summed E-state index contributed by atoms with van der Waals surface area (Å²) in [5.41, 5.74) is 2.45. The lowest BCUT2D eigenvalue weighted by Gasteiger charge is -2.06. The van der Waals surface area contributed by atoms with Gasteiger partial charge in [0.1, 0.15) is 11.4 Å². The second kappa shape index (κ2) is 6.54. The maximum atomic E-state index is 11.9. The van der Waals surface area contributed by atoms with Crippen molar-refractivity contribution in [1.29, 1.82) is 0 Å². The third-order valence-electron chi connectivity index (χ3n) is 3.12. The van der Waals surface area contributed by atoms with Gasteiger partial charge in [-0.2, -0.15) is 0 Å². The molecule has 108 valence electrons. The number of nitrogens with zero attached hydrogens (tertiary/aromatic N) is 1. The minimum atomic E-state index is -0.461. The van der Waals surface area contributed by atoms with Gasteiger partial charge in [0.05, 0.1) is 0 Å². The van der Waals surface area contributed by atoms with Gasteiger partial charge >= 0.3 is 5.97 Å². The highest BCUT2D eigenvalue weighted by Crippen LogP contribution is 2.24. The molecule has 0 aliphatic heterocycles. The zero-order valence-corrected chi connectivity index (χ0v) is 13.2. The lowest BCUT2D eigenvalue weighted by molar-refractivity contribution is 0.0728. The number of rotatable bonds is 3. The predicted octanol–water partition coefficient (Wildman–Crippen LogP) is 4.73. The third kappa shape index (κ3) is 3.40. The average Bonchev–Trinajstić information content (AvgIpc) is 2.57. The lowest BCUT2D eigenvalue weighted by Crippen LogP contribution is -2.09. The molecular weight excluding hydrogens is 342 g/mol. The van der Waals surface area contributed by atoms with Gasteiger partial charge in [0.25, 0.3) is 0 Å². The zero-order valence-electron chi connectivity index (χ0n) is 11.6. The van der Waals surface area contributed by atoms with Gasteiger partial charge in [-0.1, -0.05) is 46.3 Å². The van der Waals surface area contributed by atoms with Crippen LogP contribution in [0.25, 0.3) is 11.1 Å². The van der Waals surface area contributed by atoms with Gasteiger partial charge in [-0.3, -0.25) is 0 Å². The smallest absolute Gasteiger partial charge is 0.362 e. The second-order valence-electron chi connectivity index (χ2n) is 4.64. The number of carbonyl (C=O) groups excluding carboxylic acids is 1. The van der Waals surface area contributed by atoms with Crippen LogP contribution in [0.1, 0.15) is 10.5 Å². The monoisotopic (exact) mass is 353 g/mol. The Kier molecular flexibility index (Phi) is 4.30. The number of esters is 1. The molecule has 0 saturated carbocycles. The van der Waals surface area contributed by atoms with Crippen LogP contribution in [0.4, 0.5) is 0 Å². The van der Waals surface area contributed by atoms with E-state index in [1.165, 1.54) is 0 Å². The molecule has 3 aromatic rings. The minimum absolute atomic E-state index is 0.291. The van der Waals surface area contributed by atoms with E-state index in [1.54, 1.807) is 36.5 Å². The summed E-state index contributed by atoms with van der Waals surface area (Å²) < 4.78 is 6.34. The molecule has 0 N–H and O–H groups in total. The van der Waals surface area contributed by atoms with E-state index in [0.29, 0.717) is 11.4 Å². The molecule has 22 heavy (non-hydrogen) atoms. The maximum Gasteiger partial charge on any atom is 0.362 e. The fraction of sp³-hybridized carbons (Fsp3) is 0. The quantitative estimate of drug-likeness (QED) is 0.504. The van der Waals surface area contributed by atoms with Crippen LogP contribution in [-0.4, -0.2) is 11.0 Å². The van der Waals surface area contributed by atoms with E-state index >= 15 is 0 Å². The zero-order chi connectivity index (χ0) is 15.4. The van der Waals surface area contributed by atoms with E-state index in [1.807, 2.05) is 36.4 Å². The van der Waals surface area contributed by atoms with Gasteiger partial charge in [0.2, 0.25) is 0 Å². The lowest BCUT2D eigenvalue weighted by atomic mass is 10.1. The molecule has 4 heteroatoms. The topological polar surface area (TPSA) is 39.2 Å². The number of pyridine rings is 1. The molecule has 2 aromatic carbocycles. The first-order valence-electron chi connectivity index (χ1n) is 6.71. The van der Waals surface area contributed by atoms with Crippen molar-refractivity contribution in [1.82, 2.24) is 4.98 Å². The number of ether oxygens (including phenoxy) is 1. The molecule has 0 bridgehead atoms. The van der Waals surface area contributed by atoms with Crippen LogP contribution in [0, 0.1) is 0 Å². The molecule has 0 atom stereocenters. The molecule has 3 nitrogen and oxygen atoms in total. The SMILES string of the molecule is O=C(Oc1ccc(-c2ccc(Br)cc2)cc1)c1ccccn1. The largest absolute Gasteiger partial charge is 0.422 e. The predicted molar refractivity (Wildman–Crippen MR) is 88.8 cm³/mol. The van der Waals surface area contributed by atoms with Crippen molar-refractivity contribution < 1.29 is 9.53 Å². The first kappa shape index (κ1) is 14.5. The highest BCUT2D eigenvalue weighted by molar-refractivity contribution is 9.10. The van der Waals surface area contributed by atoms with E-state index in [4.69, 9.17) is 4.74 Å². The number of carbonyl (C=O) groups is 1. The van der Waals surface area contributed by atoms with Crippen molar-refractivity contribution in [2.24, 2.45) is 0 Å². The van der Waals surface area contributed by atoms with Crippen molar-refractivity contribution in [2.75, 3.05) is 0 Å². The van der Waals surface area contributed by atoms with Gasteiger partial charge in [-0.25, -0.2) is 9.78 Å².